The van der Waals surface area contributed by atoms with Gasteiger partial charge in [-0.3, -0.25) is 9.69 Å². The molecule has 0 aliphatic carbocycles. The monoisotopic (exact) mass is 360 g/mol. The number of hydrogen-bond acceptors (Lipinski definition) is 4. The zero-order valence-electron chi connectivity index (χ0n) is 14.9. The second-order valence-electron chi connectivity index (χ2n) is 7.65. The number of benzene rings is 1. The van der Waals surface area contributed by atoms with Crippen LogP contribution in [0.25, 0.3) is 0 Å². The van der Waals surface area contributed by atoms with Gasteiger partial charge in [0.15, 0.2) is 0 Å². The van der Waals surface area contributed by atoms with Crippen LogP contribution in [-0.4, -0.2) is 64.0 Å². The molecule has 0 radical (unpaired) electrons. The first-order valence-electron chi connectivity index (χ1n) is 9.59. The summed E-state index contributed by atoms with van der Waals surface area (Å²) in [6, 6.07) is 8.46. The summed E-state index contributed by atoms with van der Waals surface area (Å²) < 4.78 is 0. The predicted octanol–water partition coefficient (Wildman–Crippen LogP) is 2.92. The SMILES string of the molecule is CCCSCC(=O)N1C[C@@H](c2cccc(O)c2)[C@@H]2[C@H]1C1CCN2CC1. The third-order valence-corrected chi connectivity index (χ3v) is 7.33. The number of phenolic OH excluding ortho intramolecular Hbond substituents is 1. The number of thioether (sulfide) groups is 1. The molecule has 1 aromatic carbocycles. The van der Waals surface area contributed by atoms with Gasteiger partial charge in [-0.2, -0.15) is 11.8 Å². The molecular formula is C20H28N2O2S. The second kappa shape index (κ2) is 7.20. The Kier molecular flexibility index (Phi) is 4.96. The molecule has 4 heterocycles. The number of amides is 1. The van der Waals surface area contributed by atoms with E-state index < -0.39 is 0 Å². The largest absolute Gasteiger partial charge is 0.508 e. The molecule has 1 aromatic rings. The van der Waals surface area contributed by atoms with E-state index in [4.69, 9.17) is 0 Å². The molecule has 4 aliphatic heterocycles. The molecule has 3 atom stereocenters. The highest BCUT2D eigenvalue weighted by molar-refractivity contribution is 7.99. The van der Waals surface area contributed by atoms with Crippen LogP contribution in [0.3, 0.4) is 0 Å². The van der Waals surface area contributed by atoms with Crippen molar-refractivity contribution in [1.29, 1.82) is 0 Å². The van der Waals surface area contributed by atoms with E-state index in [2.05, 4.69) is 22.8 Å². The van der Waals surface area contributed by atoms with E-state index in [9.17, 15) is 9.90 Å². The number of piperidine rings is 3. The van der Waals surface area contributed by atoms with E-state index in [0.717, 1.165) is 31.8 Å². The van der Waals surface area contributed by atoms with E-state index in [1.165, 1.54) is 18.4 Å². The van der Waals surface area contributed by atoms with E-state index in [1.54, 1.807) is 17.8 Å². The highest BCUT2D eigenvalue weighted by Crippen LogP contribution is 2.46. The maximum Gasteiger partial charge on any atom is 0.232 e. The molecule has 1 amide bonds. The van der Waals surface area contributed by atoms with Crippen LogP contribution in [0, 0.1) is 5.92 Å². The van der Waals surface area contributed by atoms with Crippen LogP contribution in [0.15, 0.2) is 24.3 Å². The lowest BCUT2D eigenvalue weighted by atomic mass is 9.75. The average Bonchev–Trinajstić information content (AvgIpc) is 3.06. The highest BCUT2D eigenvalue weighted by Gasteiger charge is 2.54. The number of nitrogens with zero attached hydrogens (tertiary/aromatic N) is 2. The first kappa shape index (κ1) is 17.2. The minimum Gasteiger partial charge on any atom is -0.508 e. The third-order valence-electron chi connectivity index (χ3n) is 6.19. The Morgan fingerprint density at radius 1 is 1.28 bits per heavy atom. The summed E-state index contributed by atoms with van der Waals surface area (Å²) >= 11 is 1.76. The molecule has 4 nitrogen and oxygen atoms in total. The minimum absolute atomic E-state index is 0.310. The first-order valence-corrected chi connectivity index (χ1v) is 10.7. The lowest BCUT2D eigenvalue weighted by Gasteiger charge is -2.51. The fourth-order valence-electron chi connectivity index (χ4n) is 5.14. The molecular weight excluding hydrogens is 332 g/mol. The highest BCUT2D eigenvalue weighted by atomic mass is 32.2. The molecule has 2 bridgehead atoms. The van der Waals surface area contributed by atoms with Crippen LogP contribution in [0.1, 0.15) is 37.7 Å². The van der Waals surface area contributed by atoms with Crippen molar-refractivity contribution in [3.8, 4) is 5.75 Å². The molecule has 0 unspecified atom stereocenters. The van der Waals surface area contributed by atoms with Gasteiger partial charge in [0.25, 0.3) is 0 Å². The number of carbonyl (C=O) groups excluding carboxylic acids is 1. The van der Waals surface area contributed by atoms with Gasteiger partial charge in [0.2, 0.25) is 5.91 Å². The molecule has 5 rings (SSSR count). The molecule has 4 saturated heterocycles. The van der Waals surface area contributed by atoms with Crippen molar-refractivity contribution < 1.29 is 9.90 Å². The lowest BCUT2D eigenvalue weighted by Crippen LogP contribution is -2.60. The number of phenols is 1. The Morgan fingerprint density at radius 2 is 2.08 bits per heavy atom. The Morgan fingerprint density at radius 3 is 2.80 bits per heavy atom. The predicted molar refractivity (Wildman–Crippen MR) is 102 cm³/mol. The number of fused-ring (bicyclic) bond motifs is 2. The standard InChI is InChI=1S/C20H28N2O2S/c1-2-10-25-13-18(24)22-12-17(15-4-3-5-16(23)11-15)20-19(22)14-6-8-21(20)9-7-14/h3-5,11,14,17,19-20,23H,2,6-10,12-13H2,1H3/t17-,19+,20+/m0/s1. The van der Waals surface area contributed by atoms with Gasteiger partial charge < -0.3 is 10.0 Å². The molecule has 136 valence electrons. The zero-order chi connectivity index (χ0) is 17.4. The van der Waals surface area contributed by atoms with E-state index in [1.807, 2.05) is 12.1 Å². The van der Waals surface area contributed by atoms with Crippen molar-refractivity contribution >= 4 is 17.7 Å². The number of hydrogen-bond donors (Lipinski definition) is 1. The van der Waals surface area contributed by atoms with Crippen molar-refractivity contribution in [2.45, 2.75) is 44.2 Å². The van der Waals surface area contributed by atoms with Gasteiger partial charge in [-0.05, 0) is 61.7 Å². The number of rotatable bonds is 5. The molecule has 0 saturated carbocycles. The molecule has 4 aliphatic rings. The second-order valence-corrected chi connectivity index (χ2v) is 8.76. The topological polar surface area (TPSA) is 43.8 Å². The van der Waals surface area contributed by atoms with Gasteiger partial charge in [0.05, 0.1) is 11.8 Å². The van der Waals surface area contributed by atoms with Crippen molar-refractivity contribution in [3.63, 3.8) is 0 Å². The normalized spacial score (nSPS) is 33.5. The maximum absolute atomic E-state index is 12.9. The first-order chi connectivity index (χ1) is 12.2. The van der Waals surface area contributed by atoms with Crippen LogP contribution in [0.5, 0.6) is 5.75 Å². The third kappa shape index (κ3) is 3.17. The number of carbonyl (C=O) groups is 1. The molecule has 5 heteroatoms. The smallest absolute Gasteiger partial charge is 0.232 e. The van der Waals surface area contributed by atoms with E-state index >= 15 is 0 Å². The van der Waals surface area contributed by atoms with E-state index in [-0.39, 0.29) is 0 Å². The van der Waals surface area contributed by atoms with Gasteiger partial charge in [-0.15, -0.1) is 0 Å². The fraction of sp³-hybridized carbons (Fsp3) is 0.650. The van der Waals surface area contributed by atoms with Crippen molar-refractivity contribution in [2.24, 2.45) is 5.92 Å². The average molecular weight is 361 g/mol. The Labute approximate surface area is 154 Å². The Balaban J connectivity index is 1.60. The van der Waals surface area contributed by atoms with Crippen molar-refractivity contribution in [1.82, 2.24) is 9.80 Å². The summed E-state index contributed by atoms with van der Waals surface area (Å²) in [5, 5.41) is 9.92. The molecule has 0 aromatic heterocycles. The Bertz CT molecular complexity index is 630. The summed E-state index contributed by atoms with van der Waals surface area (Å²) in [4.78, 5) is 17.7. The molecule has 0 spiro atoms. The van der Waals surface area contributed by atoms with Gasteiger partial charge in [-0.25, -0.2) is 0 Å². The van der Waals surface area contributed by atoms with Gasteiger partial charge in [-0.1, -0.05) is 19.1 Å². The summed E-state index contributed by atoms with van der Waals surface area (Å²) in [5.74, 6) is 3.27. The molecule has 4 fully saturated rings. The summed E-state index contributed by atoms with van der Waals surface area (Å²) in [7, 11) is 0. The van der Waals surface area contributed by atoms with Crippen LogP contribution in [-0.2, 0) is 4.79 Å². The summed E-state index contributed by atoms with van der Waals surface area (Å²) in [5.41, 5.74) is 1.18. The maximum atomic E-state index is 12.9. The van der Waals surface area contributed by atoms with Gasteiger partial charge in [0, 0.05) is 18.5 Å². The van der Waals surface area contributed by atoms with Crippen molar-refractivity contribution in [2.75, 3.05) is 31.1 Å². The quantitative estimate of drug-likeness (QED) is 0.820. The lowest BCUT2D eigenvalue weighted by molar-refractivity contribution is -0.133. The van der Waals surface area contributed by atoms with Gasteiger partial charge in [0.1, 0.15) is 5.75 Å². The number of aromatic hydroxyl groups is 1. The summed E-state index contributed by atoms with van der Waals surface area (Å²) in [6.45, 7) is 5.29. The summed E-state index contributed by atoms with van der Waals surface area (Å²) in [6.07, 6.45) is 3.56. The van der Waals surface area contributed by atoms with E-state index in [0.29, 0.717) is 41.3 Å². The van der Waals surface area contributed by atoms with Crippen LogP contribution >= 0.6 is 11.8 Å². The van der Waals surface area contributed by atoms with Crippen LogP contribution in [0.2, 0.25) is 0 Å². The van der Waals surface area contributed by atoms with Crippen LogP contribution < -0.4 is 0 Å². The Hall–Kier alpha value is -1.20. The molecule has 25 heavy (non-hydrogen) atoms. The zero-order valence-corrected chi connectivity index (χ0v) is 15.8. The van der Waals surface area contributed by atoms with Gasteiger partial charge >= 0.3 is 0 Å². The van der Waals surface area contributed by atoms with Crippen LogP contribution in [0.4, 0.5) is 0 Å². The fourth-order valence-corrected chi connectivity index (χ4v) is 5.91. The minimum atomic E-state index is 0.310. The number of likely N-dealkylation sites (tertiary alicyclic amines) is 1. The molecule has 1 N–H and O–H groups in total. The van der Waals surface area contributed by atoms with Crippen molar-refractivity contribution in [3.05, 3.63) is 29.8 Å².